The van der Waals surface area contributed by atoms with Crippen LogP contribution in [-0.4, -0.2) is 0 Å². The molecule has 8 saturated carbocycles. The fourth-order valence-corrected chi connectivity index (χ4v) is 17.1. The van der Waals surface area contributed by atoms with Gasteiger partial charge in [-0.05, 0) is 256 Å². The largest absolute Gasteiger partial charge is 0.309 e. The molecular weight excluding hydrogens is 833 g/mol. The molecule has 0 spiro atoms. The summed E-state index contributed by atoms with van der Waals surface area (Å²) in [5.74, 6) is 6.16. The van der Waals surface area contributed by atoms with Crippen LogP contribution in [0.15, 0.2) is 127 Å². The Morgan fingerprint density at radius 1 is 0.391 bits per heavy atom. The van der Waals surface area contributed by atoms with Gasteiger partial charge in [0, 0.05) is 44.3 Å². The summed E-state index contributed by atoms with van der Waals surface area (Å²) in [5, 5.41) is 5.43. The van der Waals surface area contributed by atoms with Crippen molar-refractivity contribution in [2.45, 2.75) is 148 Å². The van der Waals surface area contributed by atoms with Crippen molar-refractivity contribution in [1.82, 2.24) is 0 Å². The van der Waals surface area contributed by atoms with Gasteiger partial charge in [-0.2, -0.15) is 0 Å². The molecule has 7 aromatic carbocycles. The molecule has 0 N–H and O–H groups in total. The van der Waals surface area contributed by atoms with E-state index in [1.54, 1.807) is 11.1 Å². The maximum absolute atomic E-state index is 2.75. The molecule has 8 fully saturated rings. The van der Waals surface area contributed by atoms with Crippen molar-refractivity contribution in [3.63, 3.8) is 0 Å². The lowest BCUT2D eigenvalue weighted by molar-refractivity contribution is -0.00525. The molecule has 69 heavy (non-hydrogen) atoms. The Hall–Kier alpha value is -5.34. The number of aryl methyl sites for hydroxylation is 3. The summed E-state index contributed by atoms with van der Waals surface area (Å²) in [4.78, 5) is 5.35. The second kappa shape index (κ2) is 16.4. The van der Waals surface area contributed by atoms with Crippen LogP contribution in [0.5, 0.6) is 0 Å². The van der Waals surface area contributed by atoms with E-state index in [0.717, 1.165) is 35.5 Å². The van der Waals surface area contributed by atoms with Crippen LogP contribution < -0.4 is 9.80 Å². The van der Waals surface area contributed by atoms with Gasteiger partial charge in [0.15, 0.2) is 0 Å². The van der Waals surface area contributed by atoms with E-state index in [4.69, 9.17) is 0 Å². The number of benzene rings is 7. The number of hydrogen-bond acceptors (Lipinski definition) is 2. The fourth-order valence-electron chi connectivity index (χ4n) is 17.1. The van der Waals surface area contributed by atoms with Gasteiger partial charge in [0.25, 0.3) is 0 Å². The highest BCUT2D eigenvalue weighted by molar-refractivity contribution is 6.23. The quantitative estimate of drug-likeness (QED) is 0.0997. The molecular formula is C67H74N2. The van der Waals surface area contributed by atoms with Crippen molar-refractivity contribution in [1.29, 1.82) is 0 Å². The summed E-state index contributed by atoms with van der Waals surface area (Å²) in [6.07, 6.45) is 16.8. The number of rotatable bonds is 10. The van der Waals surface area contributed by atoms with Crippen molar-refractivity contribution in [2.24, 2.45) is 35.5 Å². The lowest BCUT2D eigenvalue weighted by Gasteiger charge is -2.57. The van der Waals surface area contributed by atoms with Gasteiger partial charge in [-0.3, -0.25) is 0 Å². The molecule has 15 rings (SSSR count). The van der Waals surface area contributed by atoms with Crippen molar-refractivity contribution >= 4 is 55.7 Å². The van der Waals surface area contributed by atoms with Gasteiger partial charge in [-0.25, -0.2) is 0 Å². The maximum atomic E-state index is 2.75. The van der Waals surface area contributed by atoms with E-state index in [2.05, 4.69) is 186 Å². The number of nitrogens with zero attached hydrogens (tertiary/aromatic N) is 2. The summed E-state index contributed by atoms with van der Waals surface area (Å²) < 4.78 is 0. The maximum Gasteiger partial charge on any atom is 0.0620 e. The molecule has 8 bridgehead atoms. The first-order valence-electron chi connectivity index (χ1n) is 27.4. The molecule has 0 heterocycles. The molecule has 8 aliphatic rings. The second-order valence-corrected chi connectivity index (χ2v) is 24.9. The summed E-state index contributed by atoms with van der Waals surface area (Å²) in [7, 11) is 0. The van der Waals surface area contributed by atoms with E-state index in [9.17, 15) is 0 Å². The third-order valence-electron chi connectivity index (χ3n) is 19.3. The normalized spacial score (nSPS) is 27.6. The highest BCUT2D eigenvalue weighted by Gasteiger charge is 2.53. The van der Waals surface area contributed by atoms with E-state index >= 15 is 0 Å². The molecule has 0 aliphatic heterocycles. The molecule has 0 saturated heterocycles. The van der Waals surface area contributed by atoms with E-state index < -0.39 is 0 Å². The molecule has 0 atom stereocenters. The minimum atomic E-state index is 0.254. The minimum absolute atomic E-state index is 0.254. The van der Waals surface area contributed by atoms with Crippen LogP contribution in [0.1, 0.15) is 156 Å². The number of hydrogen-bond donors (Lipinski definition) is 0. The molecule has 7 aromatic rings. The van der Waals surface area contributed by atoms with Crippen molar-refractivity contribution in [3.8, 4) is 0 Å². The Morgan fingerprint density at radius 2 is 0.797 bits per heavy atom. The first kappa shape index (κ1) is 43.7. The topological polar surface area (TPSA) is 6.48 Å². The Morgan fingerprint density at radius 3 is 1.19 bits per heavy atom. The molecule has 2 heteroatoms. The van der Waals surface area contributed by atoms with E-state index in [0.29, 0.717) is 11.8 Å². The number of anilines is 6. The van der Waals surface area contributed by atoms with Gasteiger partial charge >= 0.3 is 0 Å². The smallest absolute Gasteiger partial charge is 0.0620 e. The van der Waals surface area contributed by atoms with Crippen LogP contribution in [0.2, 0.25) is 0 Å². The molecule has 0 aromatic heterocycles. The zero-order valence-corrected chi connectivity index (χ0v) is 42.6. The lowest BCUT2D eigenvalue weighted by Crippen LogP contribution is -2.48. The monoisotopic (exact) mass is 907 g/mol. The third-order valence-corrected chi connectivity index (χ3v) is 19.3. The lowest BCUT2D eigenvalue weighted by atomic mass is 9.48. The van der Waals surface area contributed by atoms with Gasteiger partial charge in [0.2, 0.25) is 0 Å². The summed E-state index contributed by atoms with van der Waals surface area (Å²) in [6.45, 7) is 16.2. The SMILES string of the molecule is Cc1cccc(N(c2ccc(C(C)C)cc2)c2c3ccc(C45CC6CC(CC(C6)C4)C5)cc3c(N(c3cccc(C)c3)c3ccc(C(C)C)c(C)c3)c3ccc(C45CC6CC(CC(C6)C4)C5)cc23)c1. The van der Waals surface area contributed by atoms with Gasteiger partial charge in [-0.1, -0.05) is 94.4 Å². The third kappa shape index (κ3) is 7.30. The predicted octanol–water partition coefficient (Wildman–Crippen LogP) is 19.0. The van der Waals surface area contributed by atoms with E-state index in [1.165, 1.54) is 161 Å². The fraction of sp³-hybridized carbons (Fsp3) is 0.433. The zero-order chi connectivity index (χ0) is 46.9. The molecule has 8 aliphatic carbocycles. The molecule has 352 valence electrons. The Labute approximate surface area is 413 Å². The minimum Gasteiger partial charge on any atom is -0.309 e. The first-order chi connectivity index (χ1) is 33.4. The van der Waals surface area contributed by atoms with E-state index in [-0.39, 0.29) is 10.8 Å². The first-order valence-corrected chi connectivity index (χ1v) is 27.4. The Bertz CT molecular complexity index is 3060. The van der Waals surface area contributed by atoms with Gasteiger partial charge in [0.05, 0.1) is 11.4 Å². The van der Waals surface area contributed by atoms with Crippen LogP contribution >= 0.6 is 0 Å². The number of fused-ring (bicyclic) bond motifs is 2. The second-order valence-electron chi connectivity index (χ2n) is 24.9. The van der Waals surface area contributed by atoms with Crippen LogP contribution in [0.25, 0.3) is 21.5 Å². The highest BCUT2D eigenvalue weighted by atomic mass is 15.2. The van der Waals surface area contributed by atoms with Crippen molar-refractivity contribution < 1.29 is 0 Å². The van der Waals surface area contributed by atoms with Crippen LogP contribution in [0.3, 0.4) is 0 Å². The average molecular weight is 907 g/mol. The average Bonchev–Trinajstić information content (AvgIpc) is 3.31. The van der Waals surface area contributed by atoms with E-state index in [1.807, 2.05) is 0 Å². The highest BCUT2D eigenvalue weighted by Crippen LogP contribution is 2.64. The van der Waals surface area contributed by atoms with Gasteiger partial charge < -0.3 is 9.80 Å². The zero-order valence-electron chi connectivity index (χ0n) is 42.6. The van der Waals surface area contributed by atoms with Gasteiger partial charge in [0.1, 0.15) is 0 Å². The van der Waals surface area contributed by atoms with Crippen LogP contribution in [0, 0.1) is 56.3 Å². The summed E-state index contributed by atoms with van der Waals surface area (Å²) >= 11 is 0. The van der Waals surface area contributed by atoms with Gasteiger partial charge in [-0.15, -0.1) is 0 Å². The van der Waals surface area contributed by atoms with Crippen molar-refractivity contribution in [2.75, 3.05) is 9.80 Å². The molecule has 0 radical (unpaired) electrons. The van der Waals surface area contributed by atoms with Crippen molar-refractivity contribution in [3.05, 3.63) is 166 Å². The summed E-state index contributed by atoms with van der Waals surface area (Å²) in [5.41, 5.74) is 18.0. The Kier molecular flexibility index (Phi) is 10.4. The predicted molar refractivity (Wildman–Crippen MR) is 293 cm³/mol. The molecule has 0 unspecified atom stereocenters. The van der Waals surface area contributed by atoms with Crippen LogP contribution in [-0.2, 0) is 10.8 Å². The van der Waals surface area contributed by atoms with Crippen LogP contribution in [0.4, 0.5) is 34.1 Å². The molecule has 2 nitrogen and oxygen atoms in total. The standard InChI is InChI=1S/C67H74N2/c1-41(2)52-14-18-55(19-15-52)68(56-12-8-10-43(5)24-56)64-60-21-16-54(67-38-49-30-50(39-67)32-51(31-49)40-67)34-63(60)65(69(57-13-9-11-44(6)25-57)58-20-23-59(42(3)4)45(7)26-58)61-22-17-53(33-62(61)64)66-35-46-27-47(36-66)29-48(28-46)37-66/h8-26,33-34,41-42,46-51H,27-32,35-40H2,1-7H3. The Balaban J connectivity index is 1.16. The molecule has 0 amide bonds. The summed E-state index contributed by atoms with van der Waals surface area (Å²) in [6, 6.07) is 51.6.